The molecule has 0 aromatic carbocycles. The van der Waals surface area contributed by atoms with Crippen LogP contribution in [0.4, 0.5) is 0 Å². The first-order chi connectivity index (χ1) is 8.79. The summed E-state index contributed by atoms with van der Waals surface area (Å²) in [6.07, 6.45) is 0.238. The highest BCUT2D eigenvalue weighted by molar-refractivity contribution is 7.91. The Hall–Kier alpha value is -0.920. The number of amides is 1. The molecule has 1 unspecified atom stereocenters. The van der Waals surface area contributed by atoms with Crippen LogP contribution >= 0.6 is 11.3 Å². The molecule has 5 nitrogen and oxygen atoms in total. The monoisotopic (exact) mass is 302 g/mol. The minimum Gasteiger partial charge on any atom is -0.339 e. The molecule has 1 aromatic heterocycles. The van der Waals surface area contributed by atoms with E-state index in [0.717, 1.165) is 4.88 Å². The van der Waals surface area contributed by atoms with E-state index in [1.807, 2.05) is 20.8 Å². The number of carbonyl (C=O) groups is 1. The fourth-order valence-electron chi connectivity index (χ4n) is 2.14. The maximum Gasteiger partial charge on any atom is 0.250 e. The zero-order valence-electron chi connectivity index (χ0n) is 11.2. The average Bonchev–Trinajstić information content (AvgIpc) is 2.85. The first-order valence-corrected chi connectivity index (χ1v) is 8.48. The number of rotatable bonds is 4. The van der Waals surface area contributed by atoms with Crippen molar-refractivity contribution in [1.82, 2.24) is 9.62 Å². The van der Waals surface area contributed by atoms with Gasteiger partial charge in [-0.1, -0.05) is 0 Å². The van der Waals surface area contributed by atoms with E-state index in [2.05, 4.69) is 4.72 Å². The van der Waals surface area contributed by atoms with Gasteiger partial charge in [0.25, 0.3) is 0 Å². The van der Waals surface area contributed by atoms with Crippen molar-refractivity contribution in [2.45, 2.75) is 43.5 Å². The average molecular weight is 302 g/mol. The number of sulfonamides is 1. The Morgan fingerprint density at radius 2 is 2.11 bits per heavy atom. The summed E-state index contributed by atoms with van der Waals surface area (Å²) in [5.41, 5.74) is 0. The molecular formula is C12H18N2O3S2. The summed E-state index contributed by atoms with van der Waals surface area (Å²) in [6, 6.07) is 3.15. The van der Waals surface area contributed by atoms with Crippen molar-refractivity contribution in [3.8, 4) is 0 Å². The molecule has 0 aliphatic carbocycles. The van der Waals surface area contributed by atoms with Gasteiger partial charge in [-0.15, -0.1) is 11.3 Å². The number of hydrogen-bond acceptors (Lipinski definition) is 4. The molecule has 2 heterocycles. The lowest BCUT2D eigenvalue weighted by molar-refractivity contribution is -0.129. The molecule has 1 atom stereocenters. The van der Waals surface area contributed by atoms with Crippen LogP contribution in [-0.2, 0) is 14.8 Å². The second-order valence-corrected chi connectivity index (χ2v) is 8.26. The van der Waals surface area contributed by atoms with Gasteiger partial charge in [0.15, 0.2) is 0 Å². The van der Waals surface area contributed by atoms with Crippen molar-refractivity contribution in [2.75, 3.05) is 6.54 Å². The molecule has 1 N–H and O–H groups in total. The zero-order chi connectivity index (χ0) is 14.2. The van der Waals surface area contributed by atoms with Crippen LogP contribution in [0.1, 0.15) is 25.1 Å². The van der Waals surface area contributed by atoms with Gasteiger partial charge in [-0.2, -0.15) is 0 Å². The van der Waals surface area contributed by atoms with Crippen molar-refractivity contribution in [2.24, 2.45) is 0 Å². The molecule has 106 valence electrons. The van der Waals surface area contributed by atoms with Gasteiger partial charge in [0.2, 0.25) is 15.9 Å². The minimum absolute atomic E-state index is 0.00469. The molecule has 19 heavy (non-hydrogen) atoms. The van der Waals surface area contributed by atoms with Gasteiger partial charge in [0.05, 0.1) is 0 Å². The summed E-state index contributed by atoms with van der Waals surface area (Å²) in [6.45, 7) is 6.16. The second kappa shape index (κ2) is 5.22. The van der Waals surface area contributed by atoms with E-state index in [1.54, 1.807) is 17.0 Å². The maximum absolute atomic E-state index is 12.2. The molecule has 0 saturated carbocycles. The molecule has 1 saturated heterocycles. The third-order valence-corrected chi connectivity index (χ3v) is 6.10. The molecule has 2 rings (SSSR count). The summed E-state index contributed by atoms with van der Waals surface area (Å²) in [7, 11) is -3.51. The first kappa shape index (κ1) is 14.5. The van der Waals surface area contributed by atoms with Crippen LogP contribution in [0.5, 0.6) is 0 Å². The van der Waals surface area contributed by atoms with Crippen LogP contribution in [0.15, 0.2) is 16.3 Å². The first-order valence-electron chi connectivity index (χ1n) is 6.18. The van der Waals surface area contributed by atoms with Gasteiger partial charge in [-0.3, -0.25) is 4.79 Å². The molecule has 7 heteroatoms. The van der Waals surface area contributed by atoms with Gasteiger partial charge in [-0.05, 0) is 32.9 Å². The van der Waals surface area contributed by atoms with Gasteiger partial charge in [0, 0.05) is 29.9 Å². The minimum atomic E-state index is -3.51. The second-order valence-electron chi connectivity index (χ2n) is 5.03. The van der Waals surface area contributed by atoms with Crippen molar-refractivity contribution in [3.63, 3.8) is 0 Å². The van der Waals surface area contributed by atoms with Crippen molar-refractivity contribution in [1.29, 1.82) is 0 Å². The topological polar surface area (TPSA) is 66.5 Å². The number of nitrogens with zero attached hydrogens (tertiary/aromatic N) is 1. The van der Waals surface area contributed by atoms with Crippen LogP contribution in [0.2, 0.25) is 0 Å². The Kier molecular flexibility index (Phi) is 3.98. The maximum atomic E-state index is 12.2. The highest BCUT2D eigenvalue weighted by atomic mass is 32.2. The SMILES string of the molecule is Cc1ccc(S(=O)(=O)NC2CC(=O)N(C(C)C)C2)s1. The van der Waals surface area contributed by atoms with E-state index < -0.39 is 10.0 Å². The molecule has 1 fully saturated rings. The highest BCUT2D eigenvalue weighted by Crippen LogP contribution is 2.22. The summed E-state index contributed by atoms with van der Waals surface area (Å²) in [4.78, 5) is 14.4. The lowest BCUT2D eigenvalue weighted by Crippen LogP contribution is -2.38. The van der Waals surface area contributed by atoms with Crippen LogP contribution in [-0.4, -0.2) is 37.9 Å². The molecule has 0 radical (unpaired) electrons. The van der Waals surface area contributed by atoms with Crippen molar-refractivity contribution < 1.29 is 13.2 Å². The predicted molar refractivity (Wildman–Crippen MR) is 74.6 cm³/mol. The number of thiophene rings is 1. The zero-order valence-corrected chi connectivity index (χ0v) is 12.8. The smallest absolute Gasteiger partial charge is 0.250 e. The molecule has 1 aromatic rings. The Morgan fingerprint density at radius 3 is 2.58 bits per heavy atom. The van der Waals surface area contributed by atoms with Crippen molar-refractivity contribution >= 4 is 27.3 Å². The fraction of sp³-hybridized carbons (Fsp3) is 0.583. The van der Waals surface area contributed by atoms with Crippen LogP contribution in [0.3, 0.4) is 0 Å². The van der Waals surface area contributed by atoms with Gasteiger partial charge < -0.3 is 4.90 Å². The van der Waals surface area contributed by atoms with E-state index in [-0.39, 0.29) is 24.4 Å². The Bertz CT molecular complexity index is 578. The van der Waals surface area contributed by atoms with E-state index in [0.29, 0.717) is 10.8 Å². The van der Waals surface area contributed by atoms with Crippen LogP contribution in [0, 0.1) is 6.92 Å². The van der Waals surface area contributed by atoms with Crippen molar-refractivity contribution in [3.05, 3.63) is 17.0 Å². The fourth-order valence-corrected chi connectivity index (χ4v) is 4.67. The molecule has 0 bridgehead atoms. The largest absolute Gasteiger partial charge is 0.339 e. The Labute approximate surface area is 117 Å². The van der Waals surface area contributed by atoms with E-state index in [1.165, 1.54) is 11.3 Å². The number of hydrogen-bond donors (Lipinski definition) is 1. The van der Waals surface area contributed by atoms with E-state index in [4.69, 9.17) is 0 Å². The van der Waals surface area contributed by atoms with Gasteiger partial charge in [-0.25, -0.2) is 13.1 Å². The molecule has 1 amide bonds. The molecular weight excluding hydrogens is 284 g/mol. The van der Waals surface area contributed by atoms with Crippen LogP contribution in [0.25, 0.3) is 0 Å². The van der Waals surface area contributed by atoms with Crippen LogP contribution < -0.4 is 4.72 Å². The molecule has 1 aliphatic rings. The Morgan fingerprint density at radius 1 is 1.42 bits per heavy atom. The number of aryl methyl sites for hydroxylation is 1. The lowest BCUT2D eigenvalue weighted by Gasteiger charge is -2.21. The third kappa shape index (κ3) is 3.16. The number of carbonyl (C=O) groups excluding carboxylic acids is 1. The predicted octanol–water partition coefficient (Wildman–Crippen LogP) is 1.34. The van der Waals surface area contributed by atoms with E-state index >= 15 is 0 Å². The summed E-state index contributed by atoms with van der Waals surface area (Å²) < 4.78 is 27.2. The summed E-state index contributed by atoms with van der Waals surface area (Å²) >= 11 is 1.24. The summed E-state index contributed by atoms with van der Waals surface area (Å²) in [5.74, 6) is 0.00469. The Balaban J connectivity index is 2.08. The molecule has 1 aliphatic heterocycles. The standard InChI is InChI=1S/C12H18N2O3S2/c1-8(2)14-7-10(6-11(14)15)13-19(16,17)12-5-4-9(3)18-12/h4-5,8,10,13H,6-7H2,1-3H3. The lowest BCUT2D eigenvalue weighted by atomic mass is 10.3. The van der Waals surface area contributed by atoms with Gasteiger partial charge in [0.1, 0.15) is 4.21 Å². The molecule has 0 spiro atoms. The quantitative estimate of drug-likeness (QED) is 0.913. The third-order valence-electron chi connectivity index (χ3n) is 3.08. The highest BCUT2D eigenvalue weighted by Gasteiger charge is 2.34. The summed E-state index contributed by atoms with van der Waals surface area (Å²) in [5, 5.41) is 0. The normalized spacial score (nSPS) is 20.5. The van der Waals surface area contributed by atoms with E-state index in [9.17, 15) is 13.2 Å². The number of nitrogens with one attached hydrogen (secondary N) is 1. The van der Waals surface area contributed by atoms with Gasteiger partial charge >= 0.3 is 0 Å². The number of likely N-dealkylation sites (tertiary alicyclic amines) is 1.